The second-order valence-corrected chi connectivity index (χ2v) is 22.7. The van der Waals surface area contributed by atoms with Gasteiger partial charge in [0.05, 0.1) is 33.8 Å². The van der Waals surface area contributed by atoms with E-state index in [-0.39, 0.29) is 31.5 Å². The van der Waals surface area contributed by atoms with Gasteiger partial charge in [-0.05, 0) is 102 Å². The monoisotopic (exact) mass is 1110 g/mol. The molecular weight excluding hydrogens is 1000 g/mol. The number of nitrogens with zero attached hydrogens (tertiary/aromatic N) is 1. The molecule has 0 rings (SSSR count). The second-order valence-electron chi connectivity index (χ2n) is 21.3. The predicted molar refractivity (Wildman–Crippen MR) is 341 cm³/mol. The molecular formula is C69H114N2O7P+. The summed E-state index contributed by atoms with van der Waals surface area (Å²) in [5.41, 5.74) is 0. The molecule has 0 radical (unpaired) electrons. The summed E-state index contributed by atoms with van der Waals surface area (Å²) < 4.78 is 30.6. The summed E-state index contributed by atoms with van der Waals surface area (Å²) in [6, 6.07) is -0.888. The molecule has 3 unspecified atom stereocenters. The van der Waals surface area contributed by atoms with Crippen LogP contribution in [0.1, 0.15) is 213 Å². The number of quaternary nitrogens is 1. The SMILES string of the molecule is CC\C=C/C=C/C=C/C=C\C=C\C=C\CCCCCC(=O)OC(/C=C\CCCCCCCCCCC)C(COP(=O)(O)OCC[N+](C)(C)C)NC(=O)CCCCCCCC/C=C\C/C=C\C/C=C\C/C=C\C/C=C\C/C=C\CC. The number of unbranched alkanes of at least 4 members (excludes halogenated alkanes) is 18. The van der Waals surface area contributed by atoms with Gasteiger partial charge in [-0.25, -0.2) is 4.57 Å². The van der Waals surface area contributed by atoms with E-state index >= 15 is 0 Å². The number of allylic oxidation sites excluding steroid dienone is 25. The number of carbonyl (C=O) groups excluding carboxylic acids is 2. The van der Waals surface area contributed by atoms with Crippen LogP contribution in [0.3, 0.4) is 0 Å². The number of likely N-dealkylation sites (N-methyl/N-ethyl adjacent to an activating group) is 1. The molecule has 0 aliphatic rings. The number of hydrogen-bond acceptors (Lipinski definition) is 6. The number of amides is 1. The Labute approximate surface area is 484 Å². The van der Waals surface area contributed by atoms with Gasteiger partial charge in [0.15, 0.2) is 0 Å². The standard InChI is InChI=1S/C69H113N2O7P/c1-7-10-13-16-19-22-25-27-29-31-32-33-34-35-36-37-38-40-41-43-46-49-52-55-58-61-68(72)70-66(65-77-79(74,75)76-64-63-71(4,5)6)67(60-57-54-51-48-45-24-21-18-15-12-9-3)78-69(73)62-59-56-53-50-47-44-42-39-30-28-26-23-20-17-14-11-8-2/h10-11,13-14,17,19-20,22-23,26-30,32-33,35-36,38-40,42,44,47,57,60,66-67H,7-9,12,15-16,18,21,24-25,31,34,37,41,43,45-46,48-56,58-59,61-65H2,1-6H3,(H-,70,72,74,75)/p+1/b13-10-,14-11-,20-17+,22-19-,26-23+,29-27-,30-28-,33-32-,36-35-,40-38-,42-39+,47-44+,60-57-. The van der Waals surface area contributed by atoms with Gasteiger partial charge in [-0.2, -0.15) is 0 Å². The first-order valence-electron chi connectivity index (χ1n) is 30.9. The number of phosphoric acid groups is 1. The van der Waals surface area contributed by atoms with Gasteiger partial charge in [0.25, 0.3) is 0 Å². The van der Waals surface area contributed by atoms with Crippen LogP contribution < -0.4 is 5.32 Å². The molecule has 0 fully saturated rings. The first-order valence-corrected chi connectivity index (χ1v) is 32.4. The van der Waals surface area contributed by atoms with Crippen LogP contribution in [-0.2, 0) is 27.9 Å². The van der Waals surface area contributed by atoms with Crippen molar-refractivity contribution >= 4 is 19.7 Å². The third-order valence-corrected chi connectivity index (χ3v) is 13.6. The quantitative estimate of drug-likeness (QED) is 0.0156. The number of phosphoric ester groups is 1. The van der Waals surface area contributed by atoms with Gasteiger partial charge in [-0.15, -0.1) is 0 Å². The Morgan fingerprint density at radius 3 is 1.38 bits per heavy atom. The van der Waals surface area contributed by atoms with E-state index in [1.807, 2.05) is 94.1 Å². The Bertz CT molecular complexity index is 1910. The molecule has 0 saturated carbocycles. The van der Waals surface area contributed by atoms with E-state index in [1.54, 1.807) is 0 Å². The highest BCUT2D eigenvalue weighted by atomic mass is 31.2. The lowest BCUT2D eigenvalue weighted by molar-refractivity contribution is -0.870. The van der Waals surface area contributed by atoms with Crippen molar-refractivity contribution in [2.24, 2.45) is 0 Å². The smallest absolute Gasteiger partial charge is 0.456 e. The molecule has 9 nitrogen and oxygen atoms in total. The summed E-state index contributed by atoms with van der Waals surface area (Å²) in [6.07, 6.45) is 83.9. The molecule has 0 aliphatic heterocycles. The number of esters is 1. The number of carbonyl (C=O) groups is 2. The Balaban J connectivity index is 5.30. The highest BCUT2D eigenvalue weighted by Gasteiger charge is 2.30. The summed E-state index contributed by atoms with van der Waals surface area (Å²) >= 11 is 0. The van der Waals surface area contributed by atoms with Crippen molar-refractivity contribution in [2.45, 2.75) is 226 Å². The van der Waals surface area contributed by atoms with Crippen molar-refractivity contribution < 1.29 is 37.3 Å². The Morgan fingerprint density at radius 1 is 0.468 bits per heavy atom. The summed E-state index contributed by atoms with van der Waals surface area (Å²) in [5.74, 6) is -0.589. The Morgan fingerprint density at radius 2 is 0.873 bits per heavy atom. The highest BCUT2D eigenvalue weighted by Crippen LogP contribution is 2.43. The summed E-state index contributed by atoms with van der Waals surface area (Å²) in [6.45, 7) is 6.67. The van der Waals surface area contributed by atoms with Gasteiger partial charge in [0, 0.05) is 12.8 Å². The highest BCUT2D eigenvalue weighted by molar-refractivity contribution is 7.47. The van der Waals surface area contributed by atoms with Gasteiger partial charge in [0.1, 0.15) is 19.3 Å². The van der Waals surface area contributed by atoms with Gasteiger partial charge in [-0.1, -0.05) is 256 Å². The topological polar surface area (TPSA) is 111 Å². The molecule has 0 aliphatic carbocycles. The third-order valence-electron chi connectivity index (χ3n) is 12.6. The molecule has 10 heteroatoms. The fraction of sp³-hybridized carbons (Fsp3) is 0.594. The van der Waals surface area contributed by atoms with Crippen LogP contribution in [0.15, 0.2) is 158 Å². The zero-order chi connectivity index (χ0) is 57.9. The lowest BCUT2D eigenvalue weighted by atomic mass is 10.1. The van der Waals surface area contributed by atoms with Gasteiger partial charge in [-0.3, -0.25) is 18.6 Å². The van der Waals surface area contributed by atoms with E-state index < -0.39 is 20.0 Å². The first-order chi connectivity index (χ1) is 38.4. The molecule has 0 saturated heterocycles. The van der Waals surface area contributed by atoms with Crippen LogP contribution in [0.5, 0.6) is 0 Å². The van der Waals surface area contributed by atoms with E-state index in [9.17, 15) is 19.0 Å². The molecule has 0 bridgehead atoms. The van der Waals surface area contributed by atoms with Crippen molar-refractivity contribution in [3.05, 3.63) is 158 Å². The molecule has 3 atom stereocenters. The van der Waals surface area contributed by atoms with Crippen LogP contribution in [0.25, 0.3) is 0 Å². The first kappa shape index (κ1) is 74.6. The fourth-order valence-electron chi connectivity index (χ4n) is 7.91. The van der Waals surface area contributed by atoms with Crippen LogP contribution in [0.2, 0.25) is 0 Å². The lowest BCUT2D eigenvalue weighted by Crippen LogP contribution is -2.47. The van der Waals surface area contributed by atoms with Crippen LogP contribution in [0, 0.1) is 0 Å². The largest absolute Gasteiger partial charge is 0.472 e. The predicted octanol–water partition coefficient (Wildman–Crippen LogP) is 19.2. The third kappa shape index (κ3) is 58.1. The zero-order valence-electron chi connectivity index (χ0n) is 50.8. The number of rotatable bonds is 53. The Kier molecular flexibility index (Phi) is 53.7. The zero-order valence-corrected chi connectivity index (χ0v) is 51.7. The van der Waals surface area contributed by atoms with Crippen molar-refractivity contribution in [1.29, 1.82) is 0 Å². The van der Waals surface area contributed by atoms with Crippen molar-refractivity contribution in [3.8, 4) is 0 Å². The van der Waals surface area contributed by atoms with Crippen molar-refractivity contribution in [2.75, 3.05) is 40.9 Å². The minimum atomic E-state index is -4.48. The maximum atomic E-state index is 13.5. The molecule has 0 aromatic carbocycles. The molecule has 0 aromatic rings. The molecule has 0 aromatic heterocycles. The fourth-order valence-corrected chi connectivity index (χ4v) is 8.65. The van der Waals surface area contributed by atoms with Crippen LogP contribution in [0.4, 0.5) is 0 Å². The van der Waals surface area contributed by atoms with Crippen LogP contribution in [-0.4, -0.2) is 74.3 Å². The minimum Gasteiger partial charge on any atom is -0.456 e. The maximum Gasteiger partial charge on any atom is 0.472 e. The van der Waals surface area contributed by atoms with Crippen LogP contribution >= 0.6 is 7.82 Å². The average Bonchev–Trinajstić information content (AvgIpc) is 3.41. The Hall–Kier alpha value is -4.37. The minimum absolute atomic E-state index is 0.0193. The van der Waals surface area contributed by atoms with E-state index in [1.165, 1.54) is 44.9 Å². The van der Waals surface area contributed by atoms with E-state index in [2.05, 4.69) is 111 Å². The molecule has 2 N–H and O–H groups in total. The molecule has 446 valence electrons. The average molecular weight is 1110 g/mol. The van der Waals surface area contributed by atoms with E-state index in [4.69, 9.17) is 13.8 Å². The summed E-state index contributed by atoms with van der Waals surface area (Å²) in [4.78, 5) is 37.7. The number of nitrogens with one attached hydrogen (secondary N) is 1. The van der Waals surface area contributed by atoms with Gasteiger partial charge in [0.2, 0.25) is 5.91 Å². The van der Waals surface area contributed by atoms with Gasteiger partial charge >= 0.3 is 13.8 Å². The van der Waals surface area contributed by atoms with E-state index in [0.717, 1.165) is 122 Å². The maximum absolute atomic E-state index is 13.5. The van der Waals surface area contributed by atoms with E-state index in [0.29, 0.717) is 30.3 Å². The molecule has 0 spiro atoms. The molecule has 0 heterocycles. The lowest BCUT2D eigenvalue weighted by Gasteiger charge is -2.27. The normalized spacial score (nSPS) is 14.8. The molecule has 1 amide bonds. The molecule has 79 heavy (non-hydrogen) atoms. The van der Waals surface area contributed by atoms with Crippen molar-refractivity contribution in [1.82, 2.24) is 5.32 Å². The second kappa shape index (κ2) is 56.9. The summed E-state index contributed by atoms with van der Waals surface area (Å²) in [5, 5.41) is 3.03. The van der Waals surface area contributed by atoms with Gasteiger partial charge < -0.3 is 19.4 Å². The number of hydrogen-bond donors (Lipinski definition) is 2. The van der Waals surface area contributed by atoms with Crippen molar-refractivity contribution in [3.63, 3.8) is 0 Å². The number of ether oxygens (including phenoxy) is 1. The summed E-state index contributed by atoms with van der Waals surface area (Å²) in [7, 11) is 1.43.